The Hall–Kier alpha value is -0.530. The van der Waals surface area contributed by atoms with Gasteiger partial charge in [-0.1, -0.05) is 34.1 Å². The van der Waals surface area contributed by atoms with E-state index in [1.54, 1.807) is 0 Å². The maximum Gasteiger partial charge on any atom is 0.223 e. The highest BCUT2D eigenvalue weighted by atomic mass is 16.1. The first-order valence-electron chi connectivity index (χ1n) is 6.76. The van der Waals surface area contributed by atoms with Gasteiger partial charge >= 0.3 is 0 Å². The summed E-state index contributed by atoms with van der Waals surface area (Å²) in [6.07, 6.45) is 3.38. The SMILES string of the molecule is CCC1CC(C(=O)NC(C)C(C)C)CC1C. The van der Waals surface area contributed by atoms with Gasteiger partial charge in [-0.25, -0.2) is 0 Å². The molecule has 1 fully saturated rings. The van der Waals surface area contributed by atoms with Crippen molar-refractivity contribution in [2.45, 2.75) is 59.9 Å². The van der Waals surface area contributed by atoms with Gasteiger partial charge in [0.05, 0.1) is 0 Å². The zero-order valence-electron chi connectivity index (χ0n) is 11.4. The lowest BCUT2D eigenvalue weighted by atomic mass is 9.96. The Balaban J connectivity index is 2.44. The predicted molar refractivity (Wildman–Crippen MR) is 68.1 cm³/mol. The van der Waals surface area contributed by atoms with Crippen molar-refractivity contribution in [3.05, 3.63) is 0 Å². The van der Waals surface area contributed by atoms with E-state index in [9.17, 15) is 4.79 Å². The van der Waals surface area contributed by atoms with Gasteiger partial charge in [0.1, 0.15) is 0 Å². The van der Waals surface area contributed by atoms with E-state index in [2.05, 4.69) is 39.9 Å². The molecule has 2 nitrogen and oxygen atoms in total. The molecule has 4 unspecified atom stereocenters. The van der Waals surface area contributed by atoms with Gasteiger partial charge in [-0.3, -0.25) is 4.79 Å². The minimum atomic E-state index is 0.265. The van der Waals surface area contributed by atoms with Gasteiger partial charge in [-0.05, 0) is 37.5 Å². The van der Waals surface area contributed by atoms with Crippen molar-refractivity contribution in [1.82, 2.24) is 5.32 Å². The quantitative estimate of drug-likeness (QED) is 0.782. The molecule has 16 heavy (non-hydrogen) atoms. The Labute approximate surface area is 100 Å². The molecule has 0 aliphatic heterocycles. The Morgan fingerprint density at radius 1 is 1.31 bits per heavy atom. The summed E-state index contributed by atoms with van der Waals surface area (Å²) in [5, 5.41) is 3.15. The number of hydrogen-bond donors (Lipinski definition) is 1. The number of carbonyl (C=O) groups excluding carboxylic acids is 1. The molecule has 1 rings (SSSR count). The summed E-state index contributed by atoms with van der Waals surface area (Å²) in [6.45, 7) is 10.9. The second kappa shape index (κ2) is 5.70. The summed E-state index contributed by atoms with van der Waals surface area (Å²) < 4.78 is 0. The fraction of sp³-hybridized carbons (Fsp3) is 0.929. The van der Waals surface area contributed by atoms with Gasteiger partial charge in [0.2, 0.25) is 5.91 Å². The van der Waals surface area contributed by atoms with E-state index in [1.165, 1.54) is 6.42 Å². The Kier molecular flexibility index (Phi) is 4.82. The molecule has 2 heteroatoms. The maximum absolute atomic E-state index is 12.1. The molecule has 1 amide bonds. The highest BCUT2D eigenvalue weighted by molar-refractivity contribution is 5.79. The van der Waals surface area contributed by atoms with Gasteiger partial charge in [-0.15, -0.1) is 0 Å². The van der Waals surface area contributed by atoms with Crippen LogP contribution in [-0.4, -0.2) is 11.9 Å². The summed E-state index contributed by atoms with van der Waals surface area (Å²) in [5.74, 6) is 2.54. The Bertz CT molecular complexity index is 237. The Morgan fingerprint density at radius 2 is 1.94 bits per heavy atom. The monoisotopic (exact) mass is 225 g/mol. The number of carbonyl (C=O) groups is 1. The molecule has 0 aromatic carbocycles. The third-order valence-electron chi connectivity index (χ3n) is 4.31. The first kappa shape index (κ1) is 13.5. The van der Waals surface area contributed by atoms with Crippen molar-refractivity contribution in [3.8, 4) is 0 Å². The largest absolute Gasteiger partial charge is 0.353 e. The predicted octanol–water partition coefficient (Wildman–Crippen LogP) is 3.22. The molecule has 1 aliphatic rings. The lowest BCUT2D eigenvalue weighted by molar-refractivity contribution is -0.125. The third-order valence-corrected chi connectivity index (χ3v) is 4.31. The van der Waals surface area contributed by atoms with Crippen LogP contribution in [-0.2, 0) is 4.79 Å². The summed E-state index contributed by atoms with van der Waals surface area (Å²) >= 11 is 0. The molecule has 1 N–H and O–H groups in total. The van der Waals surface area contributed by atoms with Crippen molar-refractivity contribution < 1.29 is 4.79 Å². The van der Waals surface area contributed by atoms with Crippen molar-refractivity contribution in [2.24, 2.45) is 23.7 Å². The van der Waals surface area contributed by atoms with Crippen molar-refractivity contribution in [3.63, 3.8) is 0 Å². The molecule has 4 atom stereocenters. The lowest BCUT2D eigenvalue weighted by Gasteiger charge is -2.20. The molecule has 0 aromatic rings. The van der Waals surface area contributed by atoms with E-state index in [4.69, 9.17) is 0 Å². The molecule has 0 bridgehead atoms. The topological polar surface area (TPSA) is 29.1 Å². The molecule has 94 valence electrons. The normalized spacial score (nSPS) is 31.8. The van der Waals surface area contributed by atoms with Crippen LogP contribution < -0.4 is 5.32 Å². The summed E-state index contributed by atoms with van der Waals surface area (Å²) in [7, 11) is 0. The smallest absolute Gasteiger partial charge is 0.223 e. The number of rotatable bonds is 4. The zero-order valence-corrected chi connectivity index (χ0v) is 11.4. The van der Waals surface area contributed by atoms with Gasteiger partial charge in [0, 0.05) is 12.0 Å². The molecular formula is C14H27NO. The minimum Gasteiger partial charge on any atom is -0.353 e. The third kappa shape index (κ3) is 3.23. The number of amides is 1. The van der Waals surface area contributed by atoms with E-state index >= 15 is 0 Å². The van der Waals surface area contributed by atoms with Crippen LogP contribution in [0.4, 0.5) is 0 Å². The van der Waals surface area contributed by atoms with Crippen molar-refractivity contribution in [2.75, 3.05) is 0 Å². The average Bonchev–Trinajstić information content (AvgIpc) is 2.59. The highest BCUT2D eigenvalue weighted by Crippen LogP contribution is 2.38. The fourth-order valence-corrected chi connectivity index (χ4v) is 2.63. The fourth-order valence-electron chi connectivity index (χ4n) is 2.63. The first-order chi connectivity index (χ1) is 7.45. The van der Waals surface area contributed by atoms with Crippen LogP contribution in [0.3, 0.4) is 0 Å². The molecular weight excluding hydrogens is 198 g/mol. The van der Waals surface area contributed by atoms with Crippen LogP contribution in [0.1, 0.15) is 53.9 Å². The zero-order chi connectivity index (χ0) is 12.3. The lowest BCUT2D eigenvalue weighted by Crippen LogP contribution is -2.39. The van der Waals surface area contributed by atoms with Gasteiger partial charge in [0.25, 0.3) is 0 Å². The second-order valence-corrected chi connectivity index (χ2v) is 5.86. The molecule has 1 aliphatic carbocycles. The summed E-state index contributed by atoms with van der Waals surface area (Å²) in [6, 6.07) is 0.295. The van der Waals surface area contributed by atoms with Gasteiger partial charge in [0.15, 0.2) is 0 Å². The molecule has 0 radical (unpaired) electrons. The minimum absolute atomic E-state index is 0.265. The molecule has 1 saturated carbocycles. The highest BCUT2D eigenvalue weighted by Gasteiger charge is 2.34. The number of nitrogens with one attached hydrogen (secondary N) is 1. The molecule has 0 heterocycles. The van der Waals surface area contributed by atoms with Crippen LogP contribution in [0, 0.1) is 23.7 Å². The average molecular weight is 225 g/mol. The van der Waals surface area contributed by atoms with Crippen LogP contribution in [0.2, 0.25) is 0 Å². The summed E-state index contributed by atoms with van der Waals surface area (Å²) in [4.78, 5) is 12.1. The van der Waals surface area contributed by atoms with Crippen LogP contribution >= 0.6 is 0 Å². The van der Waals surface area contributed by atoms with Gasteiger partial charge < -0.3 is 5.32 Å². The van der Waals surface area contributed by atoms with E-state index in [-0.39, 0.29) is 11.8 Å². The van der Waals surface area contributed by atoms with Crippen LogP contribution in [0.5, 0.6) is 0 Å². The standard InChI is InChI=1S/C14H27NO/c1-6-12-8-13(7-10(12)4)14(16)15-11(5)9(2)3/h9-13H,6-8H2,1-5H3,(H,15,16). The first-order valence-corrected chi connectivity index (χ1v) is 6.76. The van der Waals surface area contributed by atoms with E-state index in [0.29, 0.717) is 12.0 Å². The molecule has 0 saturated heterocycles. The van der Waals surface area contributed by atoms with E-state index in [1.807, 2.05) is 0 Å². The Morgan fingerprint density at radius 3 is 2.38 bits per heavy atom. The van der Waals surface area contributed by atoms with Crippen molar-refractivity contribution in [1.29, 1.82) is 0 Å². The van der Waals surface area contributed by atoms with Gasteiger partial charge in [-0.2, -0.15) is 0 Å². The second-order valence-electron chi connectivity index (χ2n) is 5.86. The van der Waals surface area contributed by atoms with Crippen molar-refractivity contribution >= 4 is 5.91 Å². The van der Waals surface area contributed by atoms with E-state index < -0.39 is 0 Å². The molecule has 0 aromatic heterocycles. The van der Waals surface area contributed by atoms with Crippen LogP contribution in [0.15, 0.2) is 0 Å². The molecule has 0 spiro atoms. The maximum atomic E-state index is 12.1. The summed E-state index contributed by atoms with van der Waals surface area (Å²) in [5.41, 5.74) is 0. The van der Waals surface area contributed by atoms with Crippen LogP contribution in [0.25, 0.3) is 0 Å². The van der Waals surface area contributed by atoms with E-state index in [0.717, 1.165) is 24.7 Å². The number of hydrogen-bond acceptors (Lipinski definition) is 1.